The SMILES string of the molecule is CCOc1ccc(N)c(S(=O)(=O)Cc2nccs2)c1. The molecule has 0 radical (unpaired) electrons. The molecule has 2 N–H and O–H groups in total. The summed E-state index contributed by atoms with van der Waals surface area (Å²) in [6.45, 7) is 2.30. The first kappa shape index (κ1) is 13.8. The van der Waals surface area contributed by atoms with Crippen LogP contribution in [-0.2, 0) is 15.6 Å². The normalized spacial score (nSPS) is 11.4. The summed E-state index contributed by atoms with van der Waals surface area (Å²) >= 11 is 1.30. The number of ether oxygens (including phenoxy) is 1. The lowest BCUT2D eigenvalue weighted by Gasteiger charge is -2.09. The van der Waals surface area contributed by atoms with Crippen LogP contribution in [0.5, 0.6) is 5.75 Å². The first-order valence-electron chi connectivity index (χ1n) is 5.66. The second-order valence-electron chi connectivity index (χ2n) is 3.82. The molecule has 1 aromatic heterocycles. The van der Waals surface area contributed by atoms with Crippen molar-refractivity contribution in [3.8, 4) is 5.75 Å². The Morgan fingerprint density at radius 3 is 2.84 bits per heavy atom. The summed E-state index contributed by atoms with van der Waals surface area (Å²) in [5, 5.41) is 2.28. The molecule has 1 heterocycles. The fraction of sp³-hybridized carbons (Fsp3) is 0.250. The molecule has 19 heavy (non-hydrogen) atoms. The number of aromatic nitrogens is 1. The molecule has 0 atom stereocenters. The van der Waals surface area contributed by atoms with Crippen molar-refractivity contribution in [2.75, 3.05) is 12.3 Å². The first-order valence-corrected chi connectivity index (χ1v) is 8.19. The third-order valence-electron chi connectivity index (χ3n) is 2.43. The molecular formula is C12H14N2O3S2. The van der Waals surface area contributed by atoms with E-state index in [1.807, 2.05) is 6.92 Å². The average Bonchev–Trinajstić information content (AvgIpc) is 2.84. The number of rotatable bonds is 5. The molecule has 0 amide bonds. The van der Waals surface area contributed by atoms with Gasteiger partial charge in [-0.05, 0) is 19.1 Å². The van der Waals surface area contributed by atoms with Gasteiger partial charge in [-0.25, -0.2) is 13.4 Å². The van der Waals surface area contributed by atoms with E-state index in [0.29, 0.717) is 17.4 Å². The van der Waals surface area contributed by atoms with E-state index in [2.05, 4.69) is 4.98 Å². The number of nitrogens with two attached hydrogens (primary N) is 1. The number of hydrogen-bond donors (Lipinski definition) is 1. The highest BCUT2D eigenvalue weighted by atomic mass is 32.2. The lowest BCUT2D eigenvalue weighted by Crippen LogP contribution is -2.08. The minimum Gasteiger partial charge on any atom is -0.494 e. The number of anilines is 1. The standard InChI is InChI=1S/C12H14N2O3S2/c1-2-17-9-3-4-10(13)11(7-9)19(15,16)8-12-14-5-6-18-12/h3-7H,2,8,13H2,1H3. The van der Waals surface area contributed by atoms with Crippen LogP contribution in [0.3, 0.4) is 0 Å². The van der Waals surface area contributed by atoms with Gasteiger partial charge in [0.25, 0.3) is 0 Å². The predicted octanol–water partition coefficient (Wildman–Crippen LogP) is 2.10. The summed E-state index contributed by atoms with van der Waals surface area (Å²) < 4.78 is 29.9. The zero-order chi connectivity index (χ0) is 13.9. The van der Waals surface area contributed by atoms with E-state index in [0.717, 1.165) is 0 Å². The molecule has 0 bridgehead atoms. The van der Waals surface area contributed by atoms with Gasteiger partial charge in [-0.3, -0.25) is 0 Å². The summed E-state index contributed by atoms with van der Waals surface area (Å²) in [6.07, 6.45) is 1.58. The summed E-state index contributed by atoms with van der Waals surface area (Å²) in [7, 11) is -3.51. The lowest BCUT2D eigenvalue weighted by atomic mass is 10.3. The Labute approximate surface area is 116 Å². The molecule has 2 aromatic rings. The van der Waals surface area contributed by atoms with Gasteiger partial charge >= 0.3 is 0 Å². The quantitative estimate of drug-likeness (QED) is 0.855. The summed E-state index contributed by atoms with van der Waals surface area (Å²) in [4.78, 5) is 4.07. The van der Waals surface area contributed by atoms with Crippen molar-refractivity contribution in [1.29, 1.82) is 0 Å². The van der Waals surface area contributed by atoms with E-state index in [9.17, 15) is 8.42 Å². The van der Waals surface area contributed by atoms with Gasteiger partial charge in [0, 0.05) is 17.6 Å². The third kappa shape index (κ3) is 3.24. The van der Waals surface area contributed by atoms with E-state index < -0.39 is 9.84 Å². The monoisotopic (exact) mass is 298 g/mol. The van der Waals surface area contributed by atoms with Gasteiger partial charge in [0.15, 0.2) is 9.84 Å². The Kier molecular flexibility index (Phi) is 4.06. The highest BCUT2D eigenvalue weighted by molar-refractivity contribution is 7.91. The molecule has 0 unspecified atom stereocenters. The van der Waals surface area contributed by atoms with E-state index >= 15 is 0 Å². The molecule has 0 saturated carbocycles. The van der Waals surface area contributed by atoms with E-state index in [1.165, 1.54) is 17.4 Å². The van der Waals surface area contributed by atoms with Crippen LogP contribution in [0.1, 0.15) is 11.9 Å². The Bertz CT molecular complexity index is 652. The largest absolute Gasteiger partial charge is 0.494 e. The van der Waals surface area contributed by atoms with Gasteiger partial charge in [0.05, 0.1) is 17.2 Å². The Balaban J connectivity index is 2.36. The molecule has 0 saturated heterocycles. The minimum absolute atomic E-state index is 0.0913. The Morgan fingerprint density at radius 2 is 2.21 bits per heavy atom. The van der Waals surface area contributed by atoms with Gasteiger partial charge < -0.3 is 10.5 Å². The van der Waals surface area contributed by atoms with Crippen molar-refractivity contribution in [2.24, 2.45) is 0 Å². The second kappa shape index (κ2) is 5.58. The van der Waals surface area contributed by atoms with E-state index in [-0.39, 0.29) is 16.3 Å². The molecule has 0 spiro atoms. The summed E-state index contributed by atoms with van der Waals surface area (Å²) in [6, 6.07) is 4.66. The third-order valence-corrected chi connectivity index (χ3v) is 5.07. The van der Waals surface area contributed by atoms with Gasteiger partial charge in [-0.2, -0.15) is 0 Å². The fourth-order valence-electron chi connectivity index (χ4n) is 1.61. The Hall–Kier alpha value is -1.60. The maximum Gasteiger partial charge on any atom is 0.187 e. The molecule has 7 heteroatoms. The number of benzene rings is 1. The molecule has 0 aliphatic carbocycles. The topological polar surface area (TPSA) is 82.3 Å². The van der Waals surface area contributed by atoms with E-state index in [4.69, 9.17) is 10.5 Å². The fourth-order valence-corrected chi connectivity index (χ4v) is 4.02. The van der Waals surface area contributed by atoms with Crippen LogP contribution in [0.15, 0.2) is 34.7 Å². The van der Waals surface area contributed by atoms with Gasteiger partial charge in [-0.1, -0.05) is 0 Å². The van der Waals surface area contributed by atoms with Gasteiger partial charge in [-0.15, -0.1) is 11.3 Å². The van der Waals surface area contributed by atoms with Crippen LogP contribution in [0.4, 0.5) is 5.69 Å². The second-order valence-corrected chi connectivity index (χ2v) is 6.75. The number of nitrogens with zero attached hydrogens (tertiary/aromatic N) is 1. The van der Waals surface area contributed by atoms with Gasteiger partial charge in [0.1, 0.15) is 16.5 Å². The lowest BCUT2D eigenvalue weighted by molar-refractivity contribution is 0.339. The van der Waals surface area contributed by atoms with Crippen LogP contribution in [0.2, 0.25) is 0 Å². The maximum absolute atomic E-state index is 12.3. The van der Waals surface area contributed by atoms with Crippen LogP contribution in [0, 0.1) is 0 Å². The summed E-state index contributed by atoms with van der Waals surface area (Å²) in [5.74, 6) is 0.346. The molecule has 102 valence electrons. The van der Waals surface area contributed by atoms with Crippen molar-refractivity contribution in [1.82, 2.24) is 4.98 Å². The van der Waals surface area contributed by atoms with Gasteiger partial charge in [0.2, 0.25) is 0 Å². The summed E-state index contributed by atoms with van der Waals surface area (Å²) in [5.41, 5.74) is 5.97. The predicted molar refractivity (Wildman–Crippen MR) is 75.0 cm³/mol. The van der Waals surface area contributed by atoms with Crippen molar-refractivity contribution in [3.63, 3.8) is 0 Å². The molecule has 5 nitrogen and oxygen atoms in total. The maximum atomic E-state index is 12.3. The molecular weight excluding hydrogens is 284 g/mol. The Morgan fingerprint density at radius 1 is 1.42 bits per heavy atom. The number of thiazole rings is 1. The van der Waals surface area contributed by atoms with E-state index in [1.54, 1.807) is 23.7 Å². The van der Waals surface area contributed by atoms with Crippen molar-refractivity contribution in [2.45, 2.75) is 17.6 Å². The molecule has 0 aliphatic rings. The number of hydrogen-bond acceptors (Lipinski definition) is 6. The first-order chi connectivity index (χ1) is 9.03. The van der Waals surface area contributed by atoms with Crippen molar-refractivity contribution in [3.05, 3.63) is 34.8 Å². The highest BCUT2D eigenvalue weighted by Crippen LogP contribution is 2.27. The molecule has 0 aliphatic heterocycles. The van der Waals surface area contributed by atoms with Crippen LogP contribution < -0.4 is 10.5 Å². The number of nitrogen functional groups attached to an aromatic ring is 1. The molecule has 0 fully saturated rings. The van der Waals surface area contributed by atoms with Crippen LogP contribution in [0.25, 0.3) is 0 Å². The van der Waals surface area contributed by atoms with Crippen molar-refractivity contribution >= 4 is 26.9 Å². The number of sulfone groups is 1. The minimum atomic E-state index is -3.51. The zero-order valence-electron chi connectivity index (χ0n) is 10.4. The highest BCUT2D eigenvalue weighted by Gasteiger charge is 2.20. The van der Waals surface area contributed by atoms with Crippen LogP contribution >= 0.6 is 11.3 Å². The van der Waals surface area contributed by atoms with Crippen molar-refractivity contribution < 1.29 is 13.2 Å². The smallest absolute Gasteiger partial charge is 0.187 e. The van der Waals surface area contributed by atoms with Crippen LogP contribution in [-0.4, -0.2) is 20.0 Å². The average molecular weight is 298 g/mol. The molecule has 2 rings (SSSR count). The molecule has 1 aromatic carbocycles. The zero-order valence-corrected chi connectivity index (χ0v) is 12.0.